The largest absolute Gasteiger partial charge is 0.477 e. The van der Waals surface area contributed by atoms with Crippen molar-refractivity contribution in [1.82, 2.24) is 0 Å². The van der Waals surface area contributed by atoms with Crippen LogP contribution in [0.5, 0.6) is 0 Å². The fourth-order valence-corrected chi connectivity index (χ4v) is 1.65. The van der Waals surface area contributed by atoms with E-state index < -0.39 is 5.97 Å². The van der Waals surface area contributed by atoms with E-state index in [1.54, 1.807) is 12.1 Å². The third-order valence-electron chi connectivity index (χ3n) is 2.76. The minimum atomic E-state index is -1.24. The topological polar surface area (TPSA) is 74.2 Å². The van der Waals surface area contributed by atoms with Crippen LogP contribution in [0.3, 0.4) is 0 Å². The van der Waals surface area contributed by atoms with Gasteiger partial charge in [0.15, 0.2) is 0 Å². The molecule has 2 rings (SSSR count). The van der Waals surface area contributed by atoms with Gasteiger partial charge in [-0.1, -0.05) is 6.92 Å². The van der Waals surface area contributed by atoms with Gasteiger partial charge >= 0.3 is 5.97 Å². The van der Waals surface area contributed by atoms with E-state index in [1.165, 1.54) is 6.08 Å². The molecule has 1 fully saturated rings. The lowest BCUT2D eigenvalue weighted by molar-refractivity contribution is -0.132. The molecular weight excluding hydrogens is 206 g/mol. The Morgan fingerprint density at radius 2 is 2.38 bits per heavy atom. The Kier molecular flexibility index (Phi) is 2.53. The molecule has 0 amide bonds. The van der Waals surface area contributed by atoms with Crippen molar-refractivity contribution in [1.29, 1.82) is 5.26 Å². The van der Waals surface area contributed by atoms with Gasteiger partial charge in [0.2, 0.25) is 0 Å². The molecule has 1 aliphatic carbocycles. The monoisotopic (exact) mass is 217 g/mol. The highest BCUT2D eigenvalue weighted by molar-refractivity contribution is 5.96. The van der Waals surface area contributed by atoms with Crippen molar-refractivity contribution in [3.05, 3.63) is 29.2 Å². The number of carbonyl (C=O) groups is 1. The lowest BCUT2D eigenvalue weighted by atomic mass is 10.2. The Labute approximate surface area is 92.8 Å². The predicted octanol–water partition coefficient (Wildman–Crippen LogP) is 2.39. The second-order valence-corrected chi connectivity index (χ2v) is 4.03. The van der Waals surface area contributed by atoms with Crippen molar-refractivity contribution in [2.75, 3.05) is 0 Å². The summed E-state index contributed by atoms with van der Waals surface area (Å²) in [6.07, 6.45) is 2.36. The van der Waals surface area contributed by atoms with Gasteiger partial charge in [-0.15, -0.1) is 0 Å². The van der Waals surface area contributed by atoms with Gasteiger partial charge in [0, 0.05) is 12.0 Å². The van der Waals surface area contributed by atoms with Crippen molar-refractivity contribution in [2.24, 2.45) is 5.92 Å². The van der Waals surface area contributed by atoms with Crippen LogP contribution in [0.4, 0.5) is 0 Å². The van der Waals surface area contributed by atoms with Crippen molar-refractivity contribution >= 4 is 12.0 Å². The molecule has 1 aromatic heterocycles. The molecular formula is C12H11NO3. The third kappa shape index (κ3) is 1.98. The predicted molar refractivity (Wildman–Crippen MR) is 56.5 cm³/mol. The highest BCUT2D eigenvalue weighted by Crippen LogP contribution is 2.47. The number of nitrogens with zero attached hydrogens (tertiary/aromatic N) is 1. The average Bonchev–Trinajstić information content (AvgIpc) is 2.79. The Bertz CT molecular complexity index is 493. The second-order valence-electron chi connectivity index (χ2n) is 4.03. The summed E-state index contributed by atoms with van der Waals surface area (Å²) < 4.78 is 5.47. The molecule has 4 heteroatoms. The fraction of sp³-hybridized carbons (Fsp3) is 0.333. The number of carboxylic acid groups (broad SMARTS) is 1. The number of nitriles is 1. The zero-order valence-corrected chi connectivity index (χ0v) is 8.80. The van der Waals surface area contributed by atoms with Crippen molar-refractivity contribution in [3.8, 4) is 6.07 Å². The fourth-order valence-electron chi connectivity index (χ4n) is 1.65. The zero-order chi connectivity index (χ0) is 11.7. The summed E-state index contributed by atoms with van der Waals surface area (Å²) in [7, 11) is 0. The van der Waals surface area contributed by atoms with Crippen molar-refractivity contribution < 1.29 is 14.3 Å². The molecule has 4 nitrogen and oxygen atoms in total. The number of rotatable bonds is 3. The number of carboxylic acids is 1. The van der Waals surface area contributed by atoms with Gasteiger partial charge in [0.1, 0.15) is 23.2 Å². The molecule has 1 aromatic rings. The Balaban J connectivity index is 2.19. The number of furan rings is 1. The Morgan fingerprint density at radius 1 is 1.69 bits per heavy atom. The molecule has 1 saturated carbocycles. The van der Waals surface area contributed by atoms with E-state index in [4.69, 9.17) is 14.8 Å². The van der Waals surface area contributed by atoms with Crippen molar-refractivity contribution in [2.45, 2.75) is 19.3 Å². The highest BCUT2D eigenvalue weighted by atomic mass is 16.4. The van der Waals surface area contributed by atoms with Crippen LogP contribution in [0.2, 0.25) is 0 Å². The summed E-state index contributed by atoms with van der Waals surface area (Å²) >= 11 is 0. The van der Waals surface area contributed by atoms with Crippen LogP contribution >= 0.6 is 0 Å². The summed E-state index contributed by atoms with van der Waals surface area (Å²) in [5.74, 6) is 1.16. The van der Waals surface area contributed by atoms with E-state index >= 15 is 0 Å². The SMILES string of the molecule is CC1CC1c1ccc(/C=C(\C#N)C(=O)O)o1. The van der Waals surface area contributed by atoms with E-state index in [2.05, 4.69) is 6.92 Å². The van der Waals surface area contributed by atoms with Gasteiger partial charge in [-0.2, -0.15) is 5.26 Å². The first-order valence-electron chi connectivity index (χ1n) is 5.06. The maximum Gasteiger partial charge on any atom is 0.346 e. The minimum absolute atomic E-state index is 0.315. The number of hydrogen-bond donors (Lipinski definition) is 1. The van der Waals surface area contributed by atoms with Crippen LogP contribution in [0.1, 0.15) is 30.8 Å². The average molecular weight is 217 g/mol. The number of aliphatic carboxylic acids is 1. The van der Waals surface area contributed by atoms with Gasteiger partial charge in [-0.05, 0) is 24.5 Å². The van der Waals surface area contributed by atoms with Crippen LogP contribution in [0, 0.1) is 17.2 Å². The molecule has 2 atom stereocenters. The molecule has 1 heterocycles. The van der Waals surface area contributed by atoms with E-state index in [0.717, 1.165) is 12.2 Å². The lowest BCUT2D eigenvalue weighted by Crippen LogP contribution is -1.96. The van der Waals surface area contributed by atoms with Crippen molar-refractivity contribution in [3.63, 3.8) is 0 Å². The van der Waals surface area contributed by atoms with Gasteiger partial charge in [-0.3, -0.25) is 0 Å². The molecule has 1 N–H and O–H groups in total. The minimum Gasteiger partial charge on any atom is -0.477 e. The van der Waals surface area contributed by atoms with Crippen LogP contribution < -0.4 is 0 Å². The van der Waals surface area contributed by atoms with Gasteiger partial charge < -0.3 is 9.52 Å². The third-order valence-corrected chi connectivity index (χ3v) is 2.76. The van der Waals surface area contributed by atoms with Gasteiger partial charge in [0.05, 0.1) is 0 Å². The first-order valence-corrected chi connectivity index (χ1v) is 5.06. The molecule has 1 aliphatic rings. The van der Waals surface area contributed by atoms with Crippen LogP contribution in [-0.4, -0.2) is 11.1 Å². The van der Waals surface area contributed by atoms with E-state index in [9.17, 15) is 4.79 Å². The molecule has 0 aromatic carbocycles. The van der Waals surface area contributed by atoms with E-state index in [1.807, 2.05) is 6.07 Å². The standard InChI is InChI=1S/C12H11NO3/c1-7-4-10(7)11-3-2-9(16-11)5-8(6-13)12(14)15/h2-3,5,7,10H,4H2,1H3,(H,14,15)/b8-5+. The van der Waals surface area contributed by atoms with Crippen LogP contribution in [0.15, 0.2) is 22.1 Å². The van der Waals surface area contributed by atoms with Crippen LogP contribution in [-0.2, 0) is 4.79 Å². The second kappa shape index (κ2) is 3.86. The summed E-state index contributed by atoms with van der Waals surface area (Å²) in [6, 6.07) is 5.15. The first kappa shape index (κ1) is 10.5. The molecule has 82 valence electrons. The number of hydrogen-bond acceptors (Lipinski definition) is 3. The molecule has 0 aliphatic heterocycles. The maximum absolute atomic E-state index is 10.6. The maximum atomic E-state index is 10.6. The summed E-state index contributed by atoms with van der Waals surface area (Å²) in [4.78, 5) is 10.6. The molecule has 16 heavy (non-hydrogen) atoms. The summed E-state index contributed by atoms with van der Waals surface area (Å²) in [6.45, 7) is 2.14. The zero-order valence-electron chi connectivity index (χ0n) is 8.80. The highest BCUT2D eigenvalue weighted by Gasteiger charge is 2.36. The lowest BCUT2D eigenvalue weighted by Gasteiger charge is -1.91. The summed E-state index contributed by atoms with van der Waals surface area (Å²) in [5, 5.41) is 17.3. The van der Waals surface area contributed by atoms with Gasteiger partial charge in [0.25, 0.3) is 0 Å². The van der Waals surface area contributed by atoms with Crippen LogP contribution in [0.25, 0.3) is 6.08 Å². The Hall–Kier alpha value is -2.02. The molecule has 2 unspecified atom stereocenters. The molecule has 0 radical (unpaired) electrons. The summed E-state index contributed by atoms with van der Waals surface area (Å²) in [5.41, 5.74) is -0.315. The normalized spacial score (nSPS) is 23.9. The molecule has 0 spiro atoms. The Morgan fingerprint density at radius 3 is 2.88 bits per heavy atom. The smallest absolute Gasteiger partial charge is 0.346 e. The van der Waals surface area contributed by atoms with Gasteiger partial charge in [-0.25, -0.2) is 4.79 Å². The molecule has 0 saturated heterocycles. The molecule has 0 bridgehead atoms. The quantitative estimate of drug-likeness (QED) is 0.623. The first-order chi connectivity index (χ1) is 7.61. The van der Waals surface area contributed by atoms with E-state index in [0.29, 0.717) is 17.6 Å². The van der Waals surface area contributed by atoms with E-state index in [-0.39, 0.29) is 5.57 Å².